The van der Waals surface area contributed by atoms with Crippen LogP contribution in [0.2, 0.25) is 0 Å². The Morgan fingerprint density at radius 3 is 3.00 bits per heavy atom. The maximum atomic E-state index is 13.3. The number of nitrogens with zero attached hydrogens (tertiary/aromatic N) is 3. The van der Waals surface area contributed by atoms with Crippen molar-refractivity contribution >= 4 is 5.91 Å². The van der Waals surface area contributed by atoms with Gasteiger partial charge in [-0.15, -0.1) is 0 Å². The van der Waals surface area contributed by atoms with Crippen molar-refractivity contribution in [3.8, 4) is 0 Å². The Labute approximate surface area is 159 Å². The molecule has 27 heavy (non-hydrogen) atoms. The molecule has 5 rings (SSSR count). The molecule has 6 heteroatoms. The van der Waals surface area contributed by atoms with Gasteiger partial charge < -0.3 is 14.6 Å². The predicted molar refractivity (Wildman–Crippen MR) is 101 cm³/mol. The van der Waals surface area contributed by atoms with Gasteiger partial charge in [0.15, 0.2) is 0 Å². The van der Waals surface area contributed by atoms with E-state index in [4.69, 9.17) is 9.40 Å². The van der Waals surface area contributed by atoms with Crippen molar-refractivity contribution in [2.24, 2.45) is 0 Å². The minimum Gasteiger partial charge on any atom is -0.465 e. The summed E-state index contributed by atoms with van der Waals surface area (Å²) in [6.45, 7) is 4.26. The Kier molecular flexibility index (Phi) is 4.23. The molecule has 1 amide bonds. The van der Waals surface area contributed by atoms with Crippen molar-refractivity contribution in [2.45, 2.75) is 64.5 Å². The topological polar surface area (TPSA) is 71.3 Å². The molecule has 0 radical (unpaired) electrons. The van der Waals surface area contributed by atoms with E-state index in [-0.39, 0.29) is 11.9 Å². The van der Waals surface area contributed by atoms with Gasteiger partial charge in [-0.25, -0.2) is 9.97 Å². The number of carbonyl (C=O) groups is 1. The summed E-state index contributed by atoms with van der Waals surface area (Å²) in [5.74, 6) is 2.81. The number of carbonyl (C=O) groups excluding carboxylic acids is 1. The average molecular weight is 366 g/mol. The molecule has 0 spiro atoms. The molecule has 4 heterocycles. The van der Waals surface area contributed by atoms with Crippen LogP contribution in [0.25, 0.3) is 0 Å². The van der Waals surface area contributed by atoms with Gasteiger partial charge in [0.2, 0.25) is 0 Å². The van der Waals surface area contributed by atoms with Gasteiger partial charge in [0.05, 0.1) is 17.3 Å². The maximum absolute atomic E-state index is 13.3. The van der Waals surface area contributed by atoms with Crippen molar-refractivity contribution in [2.75, 3.05) is 13.1 Å². The molecule has 3 aliphatic rings. The first-order valence-electron chi connectivity index (χ1n) is 10.2. The first-order chi connectivity index (χ1) is 13.2. The lowest BCUT2D eigenvalue weighted by Crippen LogP contribution is -2.37. The van der Waals surface area contributed by atoms with E-state index >= 15 is 0 Å². The molecule has 2 aromatic rings. The Hall–Kier alpha value is -2.21. The third kappa shape index (κ3) is 2.96. The first kappa shape index (κ1) is 16.9. The standard InChI is InChI=1S/C21H26N4O2/c1-13-19(15-5-2-3-7-18(15)27-13)21(26)25-10-8-16-14(12-25)11-23-20(24-16)17-6-4-9-22-17/h11,17,22H,2-10,12H2,1H3/t17-/m0/s1. The SMILES string of the molecule is Cc1oc2c(c1C(=O)N1CCc3nc([C@@H]4CCCN4)ncc3C1)CCCC2. The zero-order valence-electron chi connectivity index (χ0n) is 15.9. The molecule has 6 nitrogen and oxygen atoms in total. The Morgan fingerprint density at radius 1 is 1.26 bits per heavy atom. The molecule has 1 atom stereocenters. The molecule has 2 aromatic heterocycles. The summed E-state index contributed by atoms with van der Waals surface area (Å²) >= 11 is 0. The fourth-order valence-electron chi connectivity index (χ4n) is 4.72. The molecule has 0 saturated carbocycles. The molecule has 0 aromatic carbocycles. The Balaban J connectivity index is 1.38. The summed E-state index contributed by atoms with van der Waals surface area (Å²) < 4.78 is 5.91. The second kappa shape index (κ2) is 6.75. The van der Waals surface area contributed by atoms with Crippen molar-refractivity contribution in [1.29, 1.82) is 0 Å². The molecule has 2 aliphatic heterocycles. The van der Waals surface area contributed by atoms with Crippen LogP contribution in [0, 0.1) is 6.92 Å². The highest BCUT2D eigenvalue weighted by Gasteiger charge is 2.31. The number of aryl methyl sites for hydroxylation is 2. The Bertz CT molecular complexity index is 883. The van der Waals surface area contributed by atoms with Crippen LogP contribution < -0.4 is 5.32 Å². The number of furan rings is 1. The van der Waals surface area contributed by atoms with Crippen molar-refractivity contribution in [1.82, 2.24) is 20.2 Å². The van der Waals surface area contributed by atoms with Gasteiger partial charge in [0, 0.05) is 43.3 Å². The van der Waals surface area contributed by atoms with Crippen LogP contribution in [-0.2, 0) is 25.8 Å². The second-order valence-electron chi connectivity index (χ2n) is 7.97. The van der Waals surface area contributed by atoms with Crippen molar-refractivity contribution in [3.63, 3.8) is 0 Å². The van der Waals surface area contributed by atoms with E-state index in [9.17, 15) is 4.79 Å². The molecule has 1 aliphatic carbocycles. The highest BCUT2D eigenvalue weighted by molar-refractivity contribution is 5.97. The fraction of sp³-hybridized carbons (Fsp3) is 0.571. The number of nitrogens with one attached hydrogen (secondary N) is 1. The van der Waals surface area contributed by atoms with Crippen LogP contribution >= 0.6 is 0 Å². The van der Waals surface area contributed by atoms with E-state index in [1.54, 1.807) is 0 Å². The number of amides is 1. The van der Waals surface area contributed by atoms with E-state index < -0.39 is 0 Å². The monoisotopic (exact) mass is 366 g/mol. The highest BCUT2D eigenvalue weighted by atomic mass is 16.3. The smallest absolute Gasteiger partial charge is 0.257 e. The van der Waals surface area contributed by atoms with Crippen LogP contribution in [-0.4, -0.2) is 33.9 Å². The van der Waals surface area contributed by atoms with Crippen LogP contribution in [0.3, 0.4) is 0 Å². The number of hydrogen-bond donors (Lipinski definition) is 1. The first-order valence-corrected chi connectivity index (χ1v) is 10.2. The summed E-state index contributed by atoms with van der Waals surface area (Å²) in [6.07, 6.45) is 9.21. The van der Waals surface area contributed by atoms with Gasteiger partial charge in [0.25, 0.3) is 5.91 Å². The van der Waals surface area contributed by atoms with Gasteiger partial charge in [-0.1, -0.05) is 0 Å². The van der Waals surface area contributed by atoms with Crippen molar-refractivity contribution in [3.05, 3.63) is 45.9 Å². The molecule has 142 valence electrons. The zero-order chi connectivity index (χ0) is 18.4. The lowest BCUT2D eigenvalue weighted by atomic mass is 9.93. The van der Waals surface area contributed by atoms with Gasteiger partial charge >= 0.3 is 0 Å². The molecular formula is C21H26N4O2. The number of hydrogen-bond acceptors (Lipinski definition) is 5. The summed E-state index contributed by atoms with van der Waals surface area (Å²) in [5, 5.41) is 3.46. The van der Waals surface area contributed by atoms with E-state index in [1.165, 1.54) is 6.42 Å². The average Bonchev–Trinajstić information content (AvgIpc) is 3.34. The van der Waals surface area contributed by atoms with Crippen molar-refractivity contribution < 1.29 is 9.21 Å². The summed E-state index contributed by atoms with van der Waals surface area (Å²) in [6, 6.07) is 0.287. The summed E-state index contributed by atoms with van der Waals surface area (Å²) in [4.78, 5) is 24.6. The quantitative estimate of drug-likeness (QED) is 0.885. The third-order valence-electron chi connectivity index (χ3n) is 6.17. The van der Waals surface area contributed by atoms with Gasteiger partial charge in [-0.05, 0) is 45.6 Å². The number of fused-ring (bicyclic) bond motifs is 2. The molecule has 0 bridgehead atoms. The van der Waals surface area contributed by atoms with E-state index in [1.807, 2.05) is 18.0 Å². The fourth-order valence-corrected chi connectivity index (χ4v) is 4.72. The lowest BCUT2D eigenvalue weighted by molar-refractivity contribution is 0.0730. The van der Waals surface area contributed by atoms with Crippen LogP contribution in [0.5, 0.6) is 0 Å². The van der Waals surface area contributed by atoms with E-state index in [2.05, 4.69) is 10.3 Å². The molecular weight excluding hydrogens is 340 g/mol. The summed E-state index contributed by atoms with van der Waals surface area (Å²) in [7, 11) is 0. The molecule has 1 N–H and O–H groups in total. The largest absolute Gasteiger partial charge is 0.465 e. The number of rotatable bonds is 2. The normalized spacial score (nSPS) is 21.8. The minimum atomic E-state index is 0.103. The Morgan fingerprint density at radius 2 is 2.15 bits per heavy atom. The highest BCUT2D eigenvalue weighted by Crippen LogP contribution is 2.31. The minimum absolute atomic E-state index is 0.103. The van der Waals surface area contributed by atoms with E-state index in [0.717, 1.165) is 84.8 Å². The third-order valence-corrected chi connectivity index (χ3v) is 6.17. The maximum Gasteiger partial charge on any atom is 0.257 e. The van der Waals surface area contributed by atoms with Crippen LogP contribution in [0.1, 0.15) is 76.2 Å². The van der Waals surface area contributed by atoms with Crippen LogP contribution in [0.15, 0.2) is 10.6 Å². The van der Waals surface area contributed by atoms with Gasteiger partial charge in [0.1, 0.15) is 17.3 Å². The summed E-state index contributed by atoms with van der Waals surface area (Å²) in [5.41, 5.74) is 4.13. The predicted octanol–water partition coefficient (Wildman–Crippen LogP) is 2.88. The van der Waals surface area contributed by atoms with Gasteiger partial charge in [-0.3, -0.25) is 4.79 Å². The molecule has 1 fully saturated rings. The lowest BCUT2D eigenvalue weighted by Gasteiger charge is -2.29. The van der Waals surface area contributed by atoms with E-state index in [0.29, 0.717) is 13.1 Å². The molecule has 0 unspecified atom stereocenters. The molecule has 1 saturated heterocycles. The second-order valence-corrected chi connectivity index (χ2v) is 7.97. The number of aromatic nitrogens is 2. The van der Waals surface area contributed by atoms with Crippen LogP contribution in [0.4, 0.5) is 0 Å². The van der Waals surface area contributed by atoms with Gasteiger partial charge in [-0.2, -0.15) is 0 Å². The zero-order valence-corrected chi connectivity index (χ0v) is 15.9.